The molecule has 76 valence electrons. The van der Waals surface area contributed by atoms with Crippen molar-refractivity contribution < 1.29 is 9.90 Å². The van der Waals surface area contributed by atoms with Gasteiger partial charge in [0.15, 0.2) is 0 Å². The van der Waals surface area contributed by atoms with Crippen LogP contribution in [-0.2, 0) is 11.3 Å². The molecule has 0 aliphatic heterocycles. The quantitative estimate of drug-likeness (QED) is 0.636. The second-order valence-electron chi connectivity index (χ2n) is 3.07. The Labute approximate surface area is 84.6 Å². The molecule has 5 heteroatoms. The largest absolute Gasteiger partial charge is 0.548 e. The summed E-state index contributed by atoms with van der Waals surface area (Å²) >= 11 is 0. The third-order valence-electron chi connectivity index (χ3n) is 2.04. The molecule has 0 spiro atoms. The van der Waals surface area contributed by atoms with Gasteiger partial charge in [0.1, 0.15) is 0 Å². The summed E-state index contributed by atoms with van der Waals surface area (Å²) < 4.78 is 0.873. The molecule has 5 nitrogen and oxygen atoms in total. The molecule has 0 aliphatic carbocycles. The maximum atomic E-state index is 11.7. The van der Waals surface area contributed by atoms with Gasteiger partial charge in [0, 0.05) is 5.39 Å². The number of carboxylic acids is 1. The van der Waals surface area contributed by atoms with Crippen LogP contribution in [0.4, 0.5) is 0 Å². The zero-order chi connectivity index (χ0) is 10.8. The molecule has 0 aliphatic rings. The van der Waals surface area contributed by atoms with Gasteiger partial charge in [0.05, 0.1) is 24.1 Å². The zero-order valence-corrected chi connectivity index (χ0v) is 7.71. The first-order valence-electron chi connectivity index (χ1n) is 4.33. The fraction of sp³-hybridized carbons (Fsp3) is 0.100. The van der Waals surface area contributed by atoms with E-state index >= 15 is 0 Å². The minimum Gasteiger partial charge on any atom is -0.548 e. The van der Waals surface area contributed by atoms with Crippen molar-refractivity contribution in [2.45, 2.75) is 6.54 Å². The van der Waals surface area contributed by atoms with Gasteiger partial charge < -0.3 is 9.90 Å². The van der Waals surface area contributed by atoms with Gasteiger partial charge in [0.2, 0.25) is 0 Å². The van der Waals surface area contributed by atoms with Crippen molar-refractivity contribution in [1.29, 1.82) is 0 Å². The van der Waals surface area contributed by atoms with Crippen LogP contribution in [0.5, 0.6) is 0 Å². The highest BCUT2D eigenvalue weighted by atomic mass is 16.4. The lowest BCUT2D eigenvalue weighted by Gasteiger charge is -2.05. The Kier molecular flexibility index (Phi) is 2.21. The van der Waals surface area contributed by atoms with Crippen LogP contribution in [0.3, 0.4) is 0 Å². The van der Waals surface area contributed by atoms with Crippen LogP contribution < -0.4 is 10.7 Å². The summed E-state index contributed by atoms with van der Waals surface area (Å²) in [6.07, 6.45) is 1.46. The van der Waals surface area contributed by atoms with E-state index in [1.54, 1.807) is 24.3 Å². The van der Waals surface area contributed by atoms with Gasteiger partial charge in [-0.05, 0) is 6.07 Å². The molecular weight excluding hydrogens is 196 g/mol. The molecule has 0 atom stereocenters. The number of aromatic nitrogens is 2. The van der Waals surface area contributed by atoms with E-state index in [0.29, 0.717) is 10.8 Å². The highest BCUT2D eigenvalue weighted by Gasteiger charge is 2.02. The maximum absolute atomic E-state index is 11.7. The number of aliphatic carboxylic acids is 1. The summed E-state index contributed by atoms with van der Waals surface area (Å²) in [4.78, 5) is 22.0. The Hall–Kier alpha value is -2.17. The van der Waals surface area contributed by atoms with Gasteiger partial charge in [-0.3, -0.25) is 4.79 Å². The van der Waals surface area contributed by atoms with Crippen LogP contribution in [0, 0.1) is 0 Å². The first-order valence-corrected chi connectivity index (χ1v) is 4.33. The Morgan fingerprint density at radius 2 is 2.13 bits per heavy atom. The predicted octanol–water partition coefficient (Wildman–Crippen LogP) is -0.854. The Bertz CT molecular complexity index is 574. The highest BCUT2D eigenvalue weighted by molar-refractivity contribution is 5.80. The molecule has 0 amide bonds. The third-order valence-corrected chi connectivity index (χ3v) is 2.04. The lowest BCUT2D eigenvalue weighted by atomic mass is 10.2. The van der Waals surface area contributed by atoms with Crippen LogP contribution in [-0.4, -0.2) is 15.7 Å². The molecule has 15 heavy (non-hydrogen) atoms. The van der Waals surface area contributed by atoms with Crippen molar-refractivity contribution in [3.8, 4) is 0 Å². The van der Waals surface area contributed by atoms with Gasteiger partial charge in [-0.15, -0.1) is 0 Å². The fourth-order valence-corrected chi connectivity index (χ4v) is 1.36. The number of benzene rings is 1. The SMILES string of the molecule is O=C([O-])Cn1ncc2ccccc2c1=O. The topological polar surface area (TPSA) is 75.0 Å². The number of carboxylic acid groups (broad SMARTS) is 1. The normalized spacial score (nSPS) is 10.4. The number of carbonyl (C=O) groups is 1. The Balaban J connectivity index is 2.65. The van der Waals surface area contributed by atoms with Crippen molar-refractivity contribution >= 4 is 16.7 Å². The standard InChI is InChI=1S/C10H8N2O3/c13-9(14)6-12-10(15)8-4-2-1-3-7(8)5-11-12/h1-5H,6H2,(H,13,14)/p-1. The van der Waals surface area contributed by atoms with Crippen LogP contribution >= 0.6 is 0 Å². The van der Waals surface area contributed by atoms with Crippen LogP contribution in [0.15, 0.2) is 35.3 Å². The molecule has 1 aromatic carbocycles. The lowest BCUT2D eigenvalue weighted by Crippen LogP contribution is -2.34. The molecule has 0 N–H and O–H groups in total. The Morgan fingerprint density at radius 1 is 1.40 bits per heavy atom. The molecule has 2 rings (SSSR count). The number of carbonyl (C=O) groups excluding carboxylic acids is 1. The second-order valence-corrected chi connectivity index (χ2v) is 3.07. The molecule has 0 bridgehead atoms. The second kappa shape index (κ2) is 3.53. The summed E-state index contributed by atoms with van der Waals surface area (Å²) in [6.45, 7) is -0.524. The van der Waals surface area contributed by atoms with E-state index in [4.69, 9.17) is 0 Å². The van der Waals surface area contributed by atoms with Crippen LogP contribution in [0.1, 0.15) is 0 Å². The third kappa shape index (κ3) is 1.71. The number of hydrogen-bond donors (Lipinski definition) is 0. The summed E-state index contributed by atoms with van der Waals surface area (Å²) in [6, 6.07) is 6.87. The molecule has 0 saturated heterocycles. The summed E-state index contributed by atoms with van der Waals surface area (Å²) in [5.41, 5.74) is -0.419. The zero-order valence-electron chi connectivity index (χ0n) is 7.71. The number of rotatable bonds is 2. The average molecular weight is 203 g/mol. The van der Waals surface area contributed by atoms with Crippen molar-refractivity contribution in [3.63, 3.8) is 0 Å². The van der Waals surface area contributed by atoms with E-state index in [0.717, 1.165) is 4.68 Å². The summed E-state index contributed by atoms with van der Waals surface area (Å²) in [7, 11) is 0. The first kappa shape index (κ1) is 9.39. The monoisotopic (exact) mass is 203 g/mol. The number of hydrogen-bond acceptors (Lipinski definition) is 4. The van der Waals surface area contributed by atoms with Gasteiger partial charge in [-0.2, -0.15) is 5.10 Å². The van der Waals surface area contributed by atoms with Crippen LogP contribution in [0.2, 0.25) is 0 Å². The molecule has 0 radical (unpaired) electrons. The van der Waals surface area contributed by atoms with Gasteiger partial charge in [0.25, 0.3) is 5.56 Å². The first-order chi connectivity index (χ1) is 7.18. The van der Waals surface area contributed by atoms with E-state index in [1.807, 2.05) is 0 Å². The number of nitrogens with zero attached hydrogens (tertiary/aromatic N) is 2. The van der Waals surface area contributed by atoms with E-state index < -0.39 is 18.1 Å². The van der Waals surface area contributed by atoms with Crippen molar-refractivity contribution in [3.05, 3.63) is 40.8 Å². The Morgan fingerprint density at radius 3 is 2.87 bits per heavy atom. The van der Waals surface area contributed by atoms with Gasteiger partial charge in [-0.1, -0.05) is 18.2 Å². The van der Waals surface area contributed by atoms with Gasteiger partial charge in [-0.25, -0.2) is 4.68 Å². The van der Waals surface area contributed by atoms with E-state index in [1.165, 1.54) is 6.20 Å². The molecule has 0 fully saturated rings. The molecule has 1 aromatic heterocycles. The number of fused-ring (bicyclic) bond motifs is 1. The summed E-state index contributed by atoms with van der Waals surface area (Å²) in [5.74, 6) is -1.33. The molecule has 0 unspecified atom stereocenters. The summed E-state index contributed by atoms with van der Waals surface area (Å²) in [5, 5.41) is 15.2. The predicted molar refractivity (Wildman–Crippen MR) is 51.0 cm³/mol. The lowest BCUT2D eigenvalue weighted by molar-refractivity contribution is -0.306. The van der Waals surface area contributed by atoms with Crippen molar-refractivity contribution in [1.82, 2.24) is 9.78 Å². The van der Waals surface area contributed by atoms with Crippen molar-refractivity contribution in [2.24, 2.45) is 0 Å². The van der Waals surface area contributed by atoms with Gasteiger partial charge >= 0.3 is 0 Å². The molecule has 1 heterocycles. The van der Waals surface area contributed by atoms with E-state index in [-0.39, 0.29) is 0 Å². The molecule has 2 aromatic rings. The van der Waals surface area contributed by atoms with Crippen LogP contribution in [0.25, 0.3) is 10.8 Å². The molecule has 0 saturated carbocycles. The maximum Gasteiger partial charge on any atom is 0.274 e. The van der Waals surface area contributed by atoms with E-state index in [9.17, 15) is 14.7 Å². The average Bonchev–Trinajstić information content (AvgIpc) is 2.22. The van der Waals surface area contributed by atoms with Crippen molar-refractivity contribution in [2.75, 3.05) is 0 Å². The fourth-order valence-electron chi connectivity index (χ4n) is 1.36. The minimum absolute atomic E-state index is 0.419. The minimum atomic E-state index is -1.33. The highest BCUT2D eigenvalue weighted by Crippen LogP contribution is 2.05. The molecular formula is C10H7N2O3-. The smallest absolute Gasteiger partial charge is 0.274 e. The van der Waals surface area contributed by atoms with E-state index in [2.05, 4.69) is 5.10 Å².